The molecule has 0 spiro atoms. The van der Waals surface area contributed by atoms with Crippen molar-refractivity contribution in [3.05, 3.63) is 0 Å². The first-order valence-corrected chi connectivity index (χ1v) is 15.9. The normalized spacial score (nSPS) is 21.3. The highest BCUT2D eigenvalue weighted by Gasteiger charge is 2.35. The van der Waals surface area contributed by atoms with E-state index >= 15 is 0 Å². The van der Waals surface area contributed by atoms with Crippen molar-refractivity contribution < 1.29 is 43.7 Å². The first-order chi connectivity index (χ1) is 20.5. The zero-order chi connectivity index (χ0) is 32.4. The van der Waals surface area contributed by atoms with Gasteiger partial charge in [0, 0.05) is 58.5 Å². The summed E-state index contributed by atoms with van der Waals surface area (Å²) in [6, 6.07) is 0. The second kappa shape index (κ2) is 20.7. The molecule has 3 saturated heterocycles. The number of unbranched alkanes of at least 4 members (excludes halogenated alkanes) is 6. The molecule has 12 heteroatoms. The standard InChI is InChI=1S/C12H21NO3.C10H17NO3.C9H15NO3/c1-2-3-4-5-6-7-13-9-10(12(15)16)8-11(13)14;1-3-4-5-11-7-8(6-9(11)12)10(13)14-2;1-2-3-4-10-6-7(9(12)13)5-8(10)11/h10H,2-9H2,1H3,(H,15,16);8H,3-7H2,1-2H3;7H,2-6H2,1H3,(H,12,13). The molecule has 3 unspecified atom stereocenters. The van der Waals surface area contributed by atoms with Gasteiger partial charge >= 0.3 is 17.9 Å². The molecule has 246 valence electrons. The molecule has 43 heavy (non-hydrogen) atoms. The Labute approximate surface area is 256 Å². The van der Waals surface area contributed by atoms with Crippen molar-refractivity contribution >= 4 is 35.6 Å². The summed E-state index contributed by atoms with van der Waals surface area (Å²) in [7, 11) is 1.36. The number of aliphatic carboxylic acids is 2. The van der Waals surface area contributed by atoms with Gasteiger partial charge in [0.15, 0.2) is 0 Å². The molecule has 3 amide bonds. The van der Waals surface area contributed by atoms with Crippen LogP contribution in [0.25, 0.3) is 0 Å². The number of hydrogen-bond donors (Lipinski definition) is 2. The topological polar surface area (TPSA) is 162 Å². The van der Waals surface area contributed by atoms with Crippen LogP contribution < -0.4 is 0 Å². The third kappa shape index (κ3) is 13.8. The third-order valence-corrected chi connectivity index (χ3v) is 7.97. The first-order valence-electron chi connectivity index (χ1n) is 15.9. The van der Waals surface area contributed by atoms with E-state index in [-0.39, 0.29) is 42.5 Å². The van der Waals surface area contributed by atoms with Gasteiger partial charge in [0.2, 0.25) is 17.7 Å². The number of nitrogens with zero attached hydrogens (tertiary/aromatic N) is 3. The second-order valence-electron chi connectivity index (χ2n) is 11.5. The highest BCUT2D eigenvalue weighted by molar-refractivity contribution is 5.87. The van der Waals surface area contributed by atoms with Gasteiger partial charge in [-0.15, -0.1) is 0 Å². The van der Waals surface area contributed by atoms with Crippen molar-refractivity contribution in [1.82, 2.24) is 14.7 Å². The van der Waals surface area contributed by atoms with Gasteiger partial charge in [0.05, 0.1) is 24.9 Å². The Morgan fingerprint density at radius 1 is 0.605 bits per heavy atom. The molecule has 3 aliphatic heterocycles. The predicted molar refractivity (Wildman–Crippen MR) is 160 cm³/mol. The average Bonchev–Trinajstić information content (AvgIpc) is 3.67. The van der Waals surface area contributed by atoms with E-state index < -0.39 is 23.8 Å². The Hall–Kier alpha value is -3.18. The molecule has 0 aromatic heterocycles. The molecule has 0 bridgehead atoms. The third-order valence-electron chi connectivity index (χ3n) is 7.97. The summed E-state index contributed by atoms with van der Waals surface area (Å²) in [5, 5.41) is 17.5. The number of carboxylic acids is 2. The zero-order valence-corrected chi connectivity index (χ0v) is 26.6. The Kier molecular flexibility index (Phi) is 18.2. The van der Waals surface area contributed by atoms with E-state index in [2.05, 4.69) is 25.5 Å². The molecule has 0 radical (unpaired) electrons. The van der Waals surface area contributed by atoms with Crippen LogP contribution in [0.5, 0.6) is 0 Å². The van der Waals surface area contributed by atoms with Crippen LogP contribution in [-0.4, -0.2) is 107 Å². The summed E-state index contributed by atoms with van der Waals surface area (Å²) >= 11 is 0. The number of esters is 1. The molecule has 3 rings (SSSR count). The lowest BCUT2D eigenvalue weighted by Crippen LogP contribution is -2.27. The lowest BCUT2D eigenvalue weighted by atomic mass is 10.1. The molecule has 0 aromatic rings. The van der Waals surface area contributed by atoms with Crippen molar-refractivity contribution in [3.8, 4) is 0 Å². The van der Waals surface area contributed by atoms with Crippen LogP contribution in [0.15, 0.2) is 0 Å². The van der Waals surface area contributed by atoms with Crippen LogP contribution in [0.2, 0.25) is 0 Å². The molecule has 3 heterocycles. The van der Waals surface area contributed by atoms with E-state index in [4.69, 9.17) is 10.2 Å². The van der Waals surface area contributed by atoms with Crippen LogP contribution >= 0.6 is 0 Å². The van der Waals surface area contributed by atoms with Gasteiger partial charge < -0.3 is 29.6 Å². The Morgan fingerprint density at radius 3 is 1.30 bits per heavy atom. The number of hydrogen-bond acceptors (Lipinski definition) is 7. The number of carboxylic acid groups (broad SMARTS) is 2. The number of methoxy groups -OCH3 is 1. The van der Waals surface area contributed by atoms with Gasteiger partial charge in [0.25, 0.3) is 0 Å². The number of likely N-dealkylation sites (tertiary alicyclic amines) is 3. The van der Waals surface area contributed by atoms with E-state index in [1.807, 2.05) is 0 Å². The minimum atomic E-state index is -0.854. The summed E-state index contributed by atoms with van der Waals surface area (Å²) in [5.41, 5.74) is 0. The van der Waals surface area contributed by atoms with Crippen LogP contribution in [0.4, 0.5) is 0 Å². The molecule has 3 fully saturated rings. The van der Waals surface area contributed by atoms with Crippen LogP contribution in [-0.2, 0) is 33.5 Å². The van der Waals surface area contributed by atoms with Crippen molar-refractivity contribution in [1.29, 1.82) is 0 Å². The van der Waals surface area contributed by atoms with Gasteiger partial charge in [0.1, 0.15) is 0 Å². The smallest absolute Gasteiger partial charge is 0.310 e. The number of rotatable bonds is 15. The van der Waals surface area contributed by atoms with E-state index in [1.54, 1.807) is 14.7 Å². The van der Waals surface area contributed by atoms with E-state index in [1.165, 1.54) is 26.4 Å². The number of ether oxygens (including phenoxy) is 1. The van der Waals surface area contributed by atoms with E-state index in [9.17, 15) is 28.8 Å². The minimum Gasteiger partial charge on any atom is -0.481 e. The highest BCUT2D eigenvalue weighted by Crippen LogP contribution is 2.20. The largest absolute Gasteiger partial charge is 0.481 e. The number of carbonyl (C=O) groups excluding carboxylic acids is 4. The maximum atomic E-state index is 11.5. The van der Waals surface area contributed by atoms with Gasteiger partial charge in [-0.1, -0.05) is 59.3 Å². The fourth-order valence-electron chi connectivity index (χ4n) is 5.22. The SMILES string of the molecule is CCCCCCCN1CC(C(=O)O)CC1=O.CCCCN1CC(C(=O)O)CC1=O.CCCCN1CC(C(=O)OC)CC1=O. The van der Waals surface area contributed by atoms with Gasteiger partial charge in [-0.2, -0.15) is 0 Å². The summed E-state index contributed by atoms with van der Waals surface area (Å²) in [6.45, 7) is 9.84. The second-order valence-corrected chi connectivity index (χ2v) is 11.5. The van der Waals surface area contributed by atoms with Crippen LogP contribution in [0, 0.1) is 17.8 Å². The highest BCUT2D eigenvalue weighted by atomic mass is 16.5. The first kappa shape index (κ1) is 37.8. The van der Waals surface area contributed by atoms with Gasteiger partial charge in [-0.05, 0) is 19.3 Å². The Morgan fingerprint density at radius 2 is 0.953 bits per heavy atom. The minimum absolute atomic E-state index is 0.00268. The van der Waals surface area contributed by atoms with Crippen molar-refractivity contribution in [2.75, 3.05) is 46.4 Å². The molecule has 3 atom stereocenters. The van der Waals surface area contributed by atoms with E-state index in [0.717, 1.165) is 51.6 Å². The predicted octanol–water partition coefficient (Wildman–Crippen LogP) is 3.42. The summed E-state index contributed by atoms with van der Waals surface area (Å²) in [5.74, 6) is -3.11. The van der Waals surface area contributed by atoms with Gasteiger partial charge in [-0.3, -0.25) is 28.8 Å². The Bertz CT molecular complexity index is 926. The molecular formula is C31H53N3O9. The molecular weight excluding hydrogens is 558 g/mol. The monoisotopic (exact) mass is 611 g/mol. The van der Waals surface area contributed by atoms with E-state index in [0.29, 0.717) is 32.6 Å². The average molecular weight is 612 g/mol. The summed E-state index contributed by atoms with van der Waals surface area (Å²) in [4.78, 5) is 71.8. The summed E-state index contributed by atoms with van der Waals surface area (Å²) in [6.07, 6.45) is 10.5. The molecule has 12 nitrogen and oxygen atoms in total. The van der Waals surface area contributed by atoms with Crippen LogP contribution in [0.3, 0.4) is 0 Å². The van der Waals surface area contributed by atoms with Crippen LogP contribution in [0.1, 0.15) is 97.8 Å². The fourth-order valence-corrected chi connectivity index (χ4v) is 5.22. The van der Waals surface area contributed by atoms with Gasteiger partial charge in [-0.25, -0.2) is 0 Å². The molecule has 0 saturated carbocycles. The lowest BCUT2D eigenvalue weighted by molar-refractivity contribution is -0.145. The summed E-state index contributed by atoms with van der Waals surface area (Å²) < 4.78 is 4.62. The lowest BCUT2D eigenvalue weighted by Gasteiger charge is -2.15. The number of carbonyl (C=O) groups is 6. The Balaban J connectivity index is 0.000000324. The molecule has 0 aliphatic carbocycles. The van der Waals surface area contributed by atoms with Crippen molar-refractivity contribution in [3.63, 3.8) is 0 Å². The fraction of sp³-hybridized carbons (Fsp3) is 0.806. The molecule has 2 N–H and O–H groups in total. The molecule has 3 aliphatic rings. The maximum absolute atomic E-state index is 11.5. The zero-order valence-electron chi connectivity index (χ0n) is 26.6. The number of amides is 3. The quantitative estimate of drug-likeness (QED) is 0.209. The molecule has 0 aromatic carbocycles. The van der Waals surface area contributed by atoms with Crippen molar-refractivity contribution in [2.45, 2.75) is 97.8 Å². The maximum Gasteiger partial charge on any atom is 0.310 e. The van der Waals surface area contributed by atoms with Crippen molar-refractivity contribution in [2.24, 2.45) is 17.8 Å².